The van der Waals surface area contributed by atoms with Crippen LogP contribution in [0.15, 0.2) is 72.8 Å². The highest BCUT2D eigenvalue weighted by Crippen LogP contribution is 2.20. The standard InChI is InChI=1S/C22H19FN2O2/c1-15(26)17-5-3-7-21(14-17)24-19-8-10-20(11-9-19)25-22(27)13-16-4-2-6-18(23)12-16/h2-12,14,24H,13H2,1H3,(H,25,27). The van der Waals surface area contributed by atoms with Gasteiger partial charge in [-0.1, -0.05) is 24.3 Å². The van der Waals surface area contributed by atoms with Crippen molar-refractivity contribution in [1.82, 2.24) is 0 Å². The van der Waals surface area contributed by atoms with Crippen LogP contribution in [0.1, 0.15) is 22.8 Å². The number of hydrogen-bond acceptors (Lipinski definition) is 3. The van der Waals surface area contributed by atoms with Crippen LogP contribution < -0.4 is 10.6 Å². The summed E-state index contributed by atoms with van der Waals surface area (Å²) in [5, 5.41) is 6.01. The Bertz CT molecular complexity index is 968. The number of benzene rings is 3. The number of anilines is 3. The average molecular weight is 362 g/mol. The molecule has 3 aromatic rings. The van der Waals surface area contributed by atoms with Gasteiger partial charge in [0.25, 0.3) is 0 Å². The van der Waals surface area contributed by atoms with Crippen molar-refractivity contribution in [3.8, 4) is 0 Å². The van der Waals surface area contributed by atoms with E-state index in [1.165, 1.54) is 19.1 Å². The van der Waals surface area contributed by atoms with Crippen molar-refractivity contribution < 1.29 is 14.0 Å². The molecule has 3 aromatic carbocycles. The molecule has 0 aliphatic carbocycles. The molecule has 2 N–H and O–H groups in total. The highest BCUT2D eigenvalue weighted by atomic mass is 19.1. The molecule has 0 aliphatic heterocycles. The normalized spacial score (nSPS) is 10.3. The maximum Gasteiger partial charge on any atom is 0.228 e. The lowest BCUT2D eigenvalue weighted by molar-refractivity contribution is -0.115. The largest absolute Gasteiger partial charge is 0.356 e. The topological polar surface area (TPSA) is 58.2 Å². The van der Waals surface area contributed by atoms with Gasteiger partial charge in [0, 0.05) is 22.6 Å². The first kappa shape index (κ1) is 18.3. The molecule has 0 spiro atoms. The third-order valence-corrected chi connectivity index (χ3v) is 3.98. The van der Waals surface area contributed by atoms with E-state index in [1.54, 1.807) is 36.4 Å². The fraction of sp³-hybridized carbons (Fsp3) is 0.0909. The minimum Gasteiger partial charge on any atom is -0.356 e. The van der Waals surface area contributed by atoms with Crippen molar-refractivity contribution in [1.29, 1.82) is 0 Å². The van der Waals surface area contributed by atoms with Gasteiger partial charge in [-0.15, -0.1) is 0 Å². The third kappa shape index (κ3) is 5.25. The molecule has 0 heterocycles. The molecular weight excluding hydrogens is 343 g/mol. The van der Waals surface area contributed by atoms with Crippen LogP contribution in [0.5, 0.6) is 0 Å². The second-order valence-electron chi connectivity index (χ2n) is 6.19. The Labute approximate surface area is 157 Å². The molecule has 1 amide bonds. The third-order valence-electron chi connectivity index (χ3n) is 3.98. The molecule has 0 fully saturated rings. The van der Waals surface area contributed by atoms with Gasteiger partial charge in [-0.25, -0.2) is 4.39 Å². The lowest BCUT2D eigenvalue weighted by atomic mass is 10.1. The quantitative estimate of drug-likeness (QED) is 0.610. The highest BCUT2D eigenvalue weighted by molar-refractivity contribution is 5.95. The summed E-state index contributed by atoms with van der Waals surface area (Å²) < 4.78 is 13.2. The molecule has 0 saturated carbocycles. The zero-order chi connectivity index (χ0) is 19.2. The van der Waals surface area contributed by atoms with Crippen molar-refractivity contribution in [3.05, 3.63) is 89.7 Å². The molecule has 0 saturated heterocycles. The fourth-order valence-corrected chi connectivity index (χ4v) is 2.66. The zero-order valence-electron chi connectivity index (χ0n) is 14.8. The van der Waals surface area contributed by atoms with Crippen LogP contribution in [-0.4, -0.2) is 11.7 Å². The molecule has 136 valence electrons. The predicted octanol–water partition coefficient (Wildman–Crippen LogP) is 4.95. The van der Waals surface area contributed by atoms with Gasteiger partial charge >= 0.3 is 0 Å². The van der Waals surface area contributed by atoms with E-state index in [4.69, 9.17) is 0 Å². The van der Waals surface area contributed by atoms with Crippen molar-refractivity contribution in [2.24, 2.45) is 0 Å². The van der Waals surface area contributed by atoms with Crippen molar-refractivity contribution in [2.75, 3.05) is 10.6 Å². The van der Waals surface area contributed by atoms with E-state index in [9.17, 15) is 14.0 Å². The molecule has 5 heteroatoms. The fourth-order valence-electron chi connectivity index (χ4n) is 2.66. The van der Waals surface area contributed by atoms with Gasteiger partial charge in [-0.05, 0) is 61.0 Å². The number of hydrogen-bond donors (Lipinski definition) is 2. The van der Waals surface area contributed by atoms with Crippen molar-refractivity contribution >= 4 is 28.8 Å². The smallest absolute Gasteiger partial charge is 0.228 e. The number of nitrogens with one attached hydrogen (secondary N) is 2. The summed E-state index contributed by atoms with van der Waals surface area (Å²) in [6.45, 7) is 1.53. The average Bonchev–Trinajstić information content (AvgIpc) is 2.63. The molecule has 0 radical (unpaired) electrons. The molecule has 3 rings (SSSR count). The summed E-state index contributed by atoms with van der Waals surface area (Å²) in [6, 6.07) is 20.5. The summed E-state index contributed by atoms with van der Waals surface area (Å²) in [7, 11) is 0. The number of carbonyl (C=O) groups excluding carboxylic acids is 2. The van der Waals surface area contributed by atoms with E-state index in [0.717, 1.165) is 11.4 Å². The Hall–Kier alpha value is -3.47. The lowest BCUT2D eigenvalue weighted by Crippen LogP contribution is -2.14. The van der Waals surface area contributed by atoms with Gasteiger partial charge in [0.1, 0.15) is 5.82 Å². The van der Waals surface area contributed by atoms with Crippen LogP contribution in [0.4, 0.5) is 21.5 Å². The number of Topliss-reactive ketones (excluding diaryl/α,β-unsaturated/α-hetero) is 1. The summed E-state index contributed by atoms with van der Waals surface area (Å²) in [4.78, 5) is 23.5. The number of halogens is 1. The summed E-state index contributed by atoms with van der Waals surface area (Å²) in [5.74, 6) is -0.560. The maximum absolute atomic E-state index is 13.2. The Morgan fingerprint density at radius 1 is 0.852 bits per heavy atom. The monoisotopic (exact) mass is 362 g/mol. The highest BCUT2D eigenvalue weighted by Gasteiger charge is 2.06. The van der Waals surface area contributed by atoms with E-state index in [1.807, 2.05) is 24.3 Å². The Balaban J connectivity index is 1.61. The van der Waals surface area contributed by atoms with Gasteiger partial charge in [-0.2, -0.15) is 0 Å². The first-order chi connectivity index (χ1) is 13.0. The second kappa shape index (κ2) is 8.27. The first-order valence-corrected chi connectivity index (χ1v) is 8.52. The van der Waals surface area contributed by atoms with Gasteiger partial charge in [0.05, 0.1) is 6.42 Å². The number of amides is 1. The van der Waals surface area contributed by atoms with Crippen LogP contribution in [-0.2, 0) is 11.2 Å². The molecular formula is C22H19FN2O2. The van der Waals surface area contributed by atoms with Crippen LogP contribution >= 0.6 is 0 Å². The Morgan fingerprint density at radius 3 is 2.26 bits per heavy atom. The molecule has 0 atom stereocenters. The Kier molecular flexibility index (Phi) is 5.61. The van der Waals surface area contributed by atoms with Crippen LogP contribution in [0.25, 0.3) is 0 Å². The van der Waals surface area contributed by atoms with E-state index >= 15 is 0 Å². The van der Waals surface area contributed by atoms with E-state index in [0.29, 0.717) is 16.8 Å². The van der Waals surface area contributed by atoms with Gasteiger partial charge in [0.15, 0.2) is 5.78 Å². The van der Waals surface area contributed by atoms with Gasteiger partial charge in [-0.3, -0.25) is 9.59 Å². The minimum absolute atomic E-state index is 0.00927. The molecule has 0 aliphatic rings. The Morgan fingerprint density at radius 2 is 1.56 bits per heavy atom. The number of carbonyl (C=O) groups is 2. The molecule has 27 heavy (non-hydrogen) atoms. The molecule has 4 nitrogen and oxygen atoms in total. The summed E-state index contributed by atoms with van der Waals surface area (Å²) in [5.41, 5.74) is 3.56. The second-order valence-corrected chi connectivity index (χ2v) is 6.19. The predicted molar refractivity (Wildman–Crippen MR) is 105 cm³/mol. The first-order valence-electron chi connectivity index (χ1n) is 8.52. The number of rotatable bonds is 6. The minimum atomic E-state index is -0.357. The van der Waals surface area contributed by atoms with E-state index in [2.05, 4.69) is 10.6 Å². The number of ketones is 1. The van der Waals surface area contributed by atoms with E-state index < -0.39 is 0 Å². The molecule has 0 aromatic heterocycles. The van der Waals surface area contributed by atoms with Crippen LogP contribution in [0.2, 0.25) is 0 Å². The maximum atomic E-state index is 13.2. The van der Waals surface area contributed by atoms with E-state index in [-0.39, 0.29) is 23.9 Å². The molecule has 0 bridgehead atoms. The van der Waals surface area contributed by atoms with Gasteiger partial charge < -0.3 is 10.6 Å². The SMILES string of the molecule is CC(=O)c1cccc(Nc2ccc(NC(=O)Cc3cccc(F)c3)cc2)c1. The summed E-state index contributed by atoms with van der Waals surface area (Å²) in [6.07, 6.45) is 0.107. The van der Waals surface area contributed by atoms with Gasteiger partial charge in [0.2, 0.25) is 5.91 Å². The molecule has 0 unspecified atom stereocenters. The van der Waals surface area contributed by atoms with Crippen LogP contribution in [0.3, 0.4) is 0 Å². The van der Waals surface area contributed by atoms with Crippen LogP contribution in [0, 0.1) is 5.82 Å². The van der Waals surface area contributed by atoms with Crippen molar-refractivity contribution in [3.63, 3.8) is 0 Å². The lowest BCUT2D eigenvalue weighted by Gasteiger charge is -2.09. The summed E-state index contributed by atoms with van der Waals surface area (Å²) >= 11 is 0. The van der Waals surface area contributed by atoms with Crippen molar-refractivity contribution in [2.45, 2.75) is 13.3 Å². The zero-order valence-corrected chi connectivity index (χ0v) is 14.8.